The van der Waals surface area contributed by atoms with Crippen LogP contribution in [0.1, 0.15) is 5.56 Å². The Bertz CT molecular complexity index is 937. The Balaban J connectivity index is 1.81. The minimum absolute atomic E-state index is 0.0607. The zero-order valence-corrected chi connectivity index (χ0v) is 14.6. The zero-order chi connectivity index (χ0) is 17.8. The lowest BCUT2D eigenvalue weighted by Crippen LogP contribution is -2.24. The monoisotopic (exact) mass is 339 g/mol. The molecule has 6 nitrogen and oxygen atoms in total. The molecule has 0 aliphatic heterocycles. The van der Waals surface area contributed by atoms with Gasteiger partial charge in [0.05, 0.1) is 32.6 Å². The first-order valence-electron chi connectivity index (χ1n) is 7.96. The maximum Gasteiger partial charge on any atom is 0.207 e. The smallest absolute Gasteiger partial charge is 0.207 e. The van der Waals surface area contributed by atoms with Crippen LogP contribution in [0.3, 0.4) is 0 Å². The summed E-state index contributed by atoms with van der Waals surface area (Å²) in [5.74, 6) is 1.42. The van der Waals surface area contributed by atoms with E-state index in [9.17, 15) is 4.79 Å². The summed E-state index contributed by atoms with van der Waals surface area (Å²) in [5, 5.41) is 4.94. The number of fused-ring (bicyclic) bond motifs is 1. The molecular formula is C19H21N3O3. The molecule has 6 heteroatoms. The highest BCUT2D eigenvalue weighted by atomic mass is 16.5. The largest absolute Gasteiger partial charge is 0.493 e. The third-order valence-electron chi connectivity index (χ3n) is 4.04. The van der Waals surface area contributed by atoms with Crippen molar-refractivity contribution in [3.8, 4) is 11.5 Å². The van der Waals surface area contributed by atoms with E-state index >= 15 is 0 Å². The summed E-state index contributed by atoms with van der Waals surface area (Å²) in [6.07, 6.45) is 1.37. The summed E-state index contributed by atoms with van der Waals surface area (Å²) in [6, 6.07) is 13.4. The molecule has 1 heterocycles. The van der Waals surface area contributed by atoms with Gasteiger partial charge in [0.2, 0.25) is 5.43 Å². The van der Waals surface area contributed by atoms with Crippen molar-refractivity contribution in [1.82, 2.24) is 14.7 Å². The van der Waals surface area contributed by atoms with E-state index in [1.165, 1.54) is 6.20 Å². The standard InChI is InChI=1S/C19H21N3O3/c1-21(12-14-8-9-18(24-2)19(10-14)25-3)13-22-16-7-5-4-6-15(16)17(23)11-20-22/h4-11H,12-13H2,1-3H3. The van der Waals surface area contributed by atoms with E-state index in [1.54, 1.807) is 14.2 Å². The summed E-state index contributed by atoms with van der Waals surface area (Å²) in [7, 11) is 5.25. The Morgan fingerprint density at radius 2 is 1.84 bits per heavy atom. The Morgan fingerprint density at radius 1 is 1.08 bits per heavy atom. The van der Waals surface area contributed by atoms with Crippen molar-refractivity contribution in [3.63, 3.8) is 0 Å². The summed E-state index contributed by atoms with van der Waals surface area (Å²) < 4.78 is 12.5. The van der Waals surface area contributed by atoms with Gasteiger partial charge in [0, 0.05) is 11.9 Å². The van der Waals surface area contributed by atoms with E-state index in [2.05, 4.69) is 10.00 Å². The highest BCUT2D eigenvalue weighted by Gasteiger charge is 2.09. The molecule has 0 spiro atoms. The lowest BCUT2D eigenvalue weighted by Gasteiger charge is -2.19. The van der Waals surface area contributed by atoms with Gasteiger partial charge < -0.3 is 9.47 Å². The Kier molecular flexibility index (Phi) is 5.00. The molecule has 25 heavy (non-hydrogen) atoms. The molecule has 3 rings (SSSR count). The third kappa shape index (κ3) is 3.64. The molecule has 0 radical (unpaired) electrons. The lowest BCUT2D eigenvalue weighted by atomic mass is 10.2. The van der Waals surface area contributed by atoms with Gasteiger partial charge in [-0.05, 0) is 36.9 Å². The molecule has 0 unspecified atom stereocenters. The SMILES string of the molecule is COc1ccc(CN(C)Cn2ncc(=O)c3ccccc32)cc1OC. The summed E-state index contributed by atoms with van der Waals surface area (Å²) in [5.41, 5.74) is 1.87. The molecule has 3 aromatic rings. The van der Waals surface area contributed by atoms with E-state index in [-0.39, 0.29) is 5.43 Å². The number of hydrogen-bond acceptors (Lipinski definition) is 5. The van der Waals surface area contributed by atoms with Crippen molar-refractivity contribution in [2.24, 2.45) is 0 Å². The van der Waals surface area contributed by atoms with Gasteiger partial charge in [-0.3, -0.25) is 14.4 Å². The first-order chi connectivity index (χ1) is 12.1. The van der Waals surface area contributed by atoms with Crippen molar-refractivity contribution in [2.45, 2.75) is 13.2 Å². The maximum atomic E-state index is 11.9. The van der Waals surface area contributed by atoms with Crippen LogP contribution in [0.5, 0.6) is 11.5 Å². The van der Waals surface area contributed by atoms with Gasteiger partial charge in [-0.1, -0.05) is 18.2 Å². The predicted octanol–water partition coefficient (Wildman–Crippen LogP) is 2.50. The molecule has 0 saturated heterocycles. The summed E-state index contributed by atoms with van der Waals surface area (Å²) >= 11 is 0. The van der Waals surface area contributed by atoms with Crippen molar-refractivity contribution in [3.05, 3.63) is 64.4 Å². The lowest BCUT2D eigenvalue weighted by molar-refractivity contribution is 0.249. The van der Waals surface area contributed by atoms with Crippen LogP contribution in [-0.4, -0.2) is 35.9 Å². The quantitative estimate of drug-likeness (QED) is 0.691. The second-order valence-corrected chi connectivity index (χ2v) is 5.87. The van der Waals surface area contributed by atoms with Crippen LogP contribution >= 0.6 is 0 Å². The van der Waals surface area contributed by atoms with Gasteiger partial charge in [0.15, 0.2) is 11.5 Å². The van der Waals surface area contributed by atoms with E-state index in [4.69, 9.17) is 9.47 Å². The Hall–Kier alpha value is -2.86. The van der Waals surface area contributed by atoms with Gasteiger partial charge in [-0.15, -0.1) is 0 Å². The molecule has 0 bridgehead atoms. The van der Waals surface area contributed by atoms with Gasteiger partial charge in [0.1, 0.15) is 0 Å². The second kappa shape index (κ2) is 7.36. The van der Waals surface area contributed by atoms with E-state index in [0.29, 0.717) is 30.1 Å². The number of hydrogen-bond donors (Lipinski definition) is 0. The molecule has 1 aromatic heterocycles. The number of aromatic nitrogens is 2. The first-order valence-corrected chi connectivity index (χ1v) is 7.96. The normalized spacial score (nSPS) is 11.0. The number of methoxy groups -OCH3 is 2. The maximum absolute atomic E-state index is 11.9. The minimum atomic E-state index is -0.0607. The highest BCUT2D eigenvalue weighted by molar-refractivity contribution is 5.77. The van der Waals surface area contributed by atoms with Crippen molar-refractivity contribution in [1.29, 1.82) is 0 Å². The highest BCUT2D eigenvalue weighted by Crippen LogP contribution is 2.28. The van der Waals surface area contributed by atoms with Gasteiger partial charge >= 0.3 is 0 Å². The second-order valence-electron chi connectivity index (χ2n) is 5.87. The van der Waals surface area contributed by atoms with Gasteiger partial charge in [0.25, 0.3) is 0 Å². The Labute approximate surface area is 146 Å². The summed E-state index contributed by atoms with van der Waals surface area (Å²) in [6.45, 7) is 1.28. The third-order valence-corrected chi connectivity index (χ3v) is 4.04. The van der Waals surface area contributed by atoms with Crippen LogP contribution in [0, 0.1) is 0 Å². The average molecular weight is 339 g/mol. The van der Waals surface area contributed by atoms with E-state index in [1.807, 2.05) is 54.2 Å². The van der Waals surface area contributed by atoms with E-state index < -0.39 is 0 Å². The van der Waals surface area contributed by atoms with Gasteiger partial charge in [-0.2, -0.15) is 5.10 Å². The molecule has 0 N–H and O–H groups in total. The molecule has 130 valence electrons. The number of nitrogens with zero attached hydrogens (tertiary/aromatic N) is 3. The van der Waals surface area contributed by atoms with Crippen molar-refractivity contribution < 1.29 is 9.47 Å². The molecule has 0 saturated carbocycles. The van der Waals surface area contributed by atoms with E-state index in [0.717, 1.165) is 11.1 Å². The number of ether oxygens (including phenoxy) is 2. The average Bonchev–Trinajstić information content (AvgIpc) is 2.64. The Morgan fingerprint density at radius 3 is 2.60 bits per heavy atom. The molecule has 0 aliphatic carbocycles. The van der Waals surface area contributed by atoms with Crippen LogP contribution in [0.2, 0.25) is 0 Å². The van der Waals surface area contributed by atoms with Crippen molar-refractivity contribution in [2.75, 3.05) is 21.3 Å². The molecule has 0 fully saturated rings. The van der Waals surface area contributed by atoms with Crippen LogP contribution in [-0.2, 0) is 13.2 Å². The fourth-order valence-electron chi connectivity index (χ4n) is 2.84. The summed E-state index contributed by atoms with van der Waals surface area (Å²) in [4.78, 5) is 14.0. The topological polar surface area (TPSA) is 56.6 Å². The molecule has 0 atom stereocenters. The van der Waals surface area contributed by atoms with Crippen LogP contribution in [0.15, 0.2) is 53.5 Å². The molecule has 2 aromatic carbocycles. The van der Waals surface area contributed by atoms with Crippen LogP contribution in [0.25, 0.3) is 10.9 Å². The first kappa shape index (κ1) is 17.0. The van der Waals surface area contributed by atoms with Crippen LogP contribution < -0.4 is 14.9 Å². The fraction of sp³-hybridized carbons (Fsp3) is 0.263. The molecule has 0 aliphatic rings. The molecular weight excluding hydrogens is 318 g/mol. The molecule has 0 amide bonds. The fourth-order valence-corrected chi connectivity index (χ4v) is 2.84. The van der Waals surface area contributed by atoms with Gasteiger partial charge in [-0.25, -0.2) is 0 Å². The number of para-hydroxylation sites is 1. The predicted molar refractivity (Wildman–Crippen MR) is 97.0 cm³/mol. The van der Waals surface area contributed by atoms with Crippen molar-refractivity contribution >= 4 is 10.9 Å². The number of benzene rings is 2. The minimum Gasteiger partial charge on any atom is -0.493 e. The number of rotatable bonds is 6. The van der Waals surface area contributed by atoms with Crippen LogP contribution in [0.4, 0.5) is 0 Å². The zero-order valence-electron chi connectivity index (χ0n) is 14.6.